The molecule has 0 atom stereocenters. The second-order valence-corrected chi connectivity index (χ2v) is 7.67. The molecule has 140 valence electrons. The van der Waals surface area contributed by atoms with Crippen molar-refractivity contribution < 1.29 is 13.2 Å². The SMILES string of the molecule is Nc1ncc2c(n1)CCN(Cc1ccc(-c3cccc(C(F)(F)F)c3)s1)C2. The zero-order valence-electron chi connectivity index (χ0n) is 14.3. The van der Waals surface area contributed by atoms with Gasteiger partial charge in [0.15, 0.2) is 0 Å². The molecule has 0 saturated heterocycles. The Morgan fingerprint density at radius 3 is 2.85 bits per heavy atom. The number of halogens is 3. The normalized spacial score (nSPS) is 14.9. The second kappa shape index (κ2) is 6.94. The molecule has 0 fully saturated rings. The van der Waals surface area contributed by atoms with Crippen LogP contribution in [0.25, 0.3) is 10.4 Å². The van der Waals surface area contributed by atoms with Gasteiger partial charge in [-0.25, -0.2) is 9.97 Å². The molecular formula is C19H17F3N4S. The molecule has 3 heterocycles. The van der Waals surface area contributed by atoms with Crippen molar-refractivity contribution in [2.75, 3.05) is 12.3 Å². The number of fused-ring (bicyclic) bond motifs is 1. The fourth-order valence-corrected chi connectivity index (χ4v) is 4.26. The molecule has 0 spiro atoms. The summed E-state index contributed by atoms with van der Waals surface area (Å²) in [4.78, 5) is 12.6. The fourth-order valence-electron chi connectivity index (χ4n) is 3.21. The molecule has 0 amide bonds. The fraction of sp³-hybridized carbons (Fsp3) is 0.263. The monoisotopic (exact) mass is 390 g/mol. The zero-order chi connectivity index (χ0) is 19.0. The smallest absolute Gasteiger partial charge is 0.368 e. The first-order valence-corrected chi connectivity index (χ1v) is 9.29. The lowest BCUT2D eigenvalue weighted by Crippen LogP contribution is -2.30. The standard InChI is InChI=1S/C19H17F3N4S/c20-19(21,22)14-3-1-2-12(8-14)17-5-4-15(27-17)11-26-7-6-16-13(10-26)9-24-18(23)25-16/h1-5,8-9H,6-7,10-11H2,(H2,23,24,25). The molecule has 8 heteroatoms. The number of hydrogen-bond donors (Lipinski definition) is 1. The Balaban J connectivity index is 1.48. The van der Waals surface area contributed by atoms with Crippen LogP contribution in [0.5, 0.6) is 0 Å². The van der Waals surface area contributed by atoms with Gasteiger partial charge in [-0.2, -0.15) is 13.2 Å². The van der Waals surface area contributed by atoms with E-state index in [0.717, 1.165) is 53.1 Å². The Labute approximate surface area is 158 Å². The molecule has 4 nitrogen and oxygen atoms in total. The molecule has 1 aliphatic heterocycles. The van der Waals surface area contributed by atoms with E-state index in [2.05, 4.69) is 14.9 Å². The van der Waals surface area contributed by atoms with Crippen LogP contribution < -0.4 is 5.73 Å². The quantitative estimate of drug-likeness (QED) is 0.722. The largest absolute Gasteiger partial charge is 0.416 e. The first-order chi connectivity index (χ1) is 12.9. The van der Waals surface area contributed by atoms with E-state index < -0.39 is 11.7 Å². The molecule has 0 bridgehead atoms. The van der Waals surface area contributed by atoms with Crippen molar-refractivity contribution in [2.45, 2.75) is 25.7 Å². The zero-order valence-corrected chi connectivity index (χ0v) is 15.1. The number of nitrogen functional groups attached to an aromatic ring is 1. The number of benzene rings is 1. The van der Waals surface area contributed by atoms with Gasteiger partial charge in [-0.3, -0.25) is 4.90 Å². The van der Waals surface area contributed by atoms with Crippen LogP contribution >= 0.6 is 11.3 Å². The Kier molecular flexibility index (Phi) is 4.61. The summed E-state index contributed by atoms with van der Waals surface area (Å²) in [7, 11) is 0. The lowest BCUT2D eigenvalue weighted by molar-refractivity contribution is -0.137. The lowest BCUT2D eigenvalue weighted by atomic mass is 10.1. The van der Waals surface area contributed by atoms with Crippen LogP contribution in [0.1, 0.15) is 21.7 Å². The second-order valence-electron chi connectivity index (χ2n) is 6.51. The highest BCUT2D eigenvalue weighted by molar-refractivity contribution is 7.15. The van der Waals surface area contributed by atoms with Crippen LogP contribution in [0.15, 0.2) is 42.6 Å². The highest BCUT2D eigenvalue weighted by Gasteiger charge is 2.30. The van der Waals surface area contributed by atoms with Crippen molar-refractivity contribution >= 4 is 17.3 Å². The van der Waals surface area contributed by atoms with E-state index in [1.54, 1.807) is 12.3 Å². The average molecular weight is 390 g/mol. The van der Waals surface area contributed by atoms with Crippen molar-refractivity contribution in [1.82, 2.24) is 14.9 Å². The van der Waals surface area contributed by atoms with Gasteiger partial charge in [0.05, 0.1) is 11.3 Å². The Hall–Kier alpha value is -2.45. The van der Waals surface area contributed by atoms with Crippen LogP contribution in [0.2, 0.25) is 0 Å². The van der Waals surface area contributed by atoms with Crippen LogP contribution in [-0.4, -0.2) is 21.4 Å². The maximum atomic E-state index is 12.9. The summed E-state index contributed by atoms with van der Waals surface area (Å²) in [5.41, 5.74) is 7.67. The van der Waals surface area contributed by atoms with E-state index in [4.69, 9.17) is 5.73 Å². The maximum Gasteiger partial charge on any atom is 0.416 e. The van der Waals surface area contributed by atoms with Crippen LogP contribution in [0, 0.1) is 0 Å². The minimum Gasteiger partial charge on any atom is -0.368 e. The summed E-state index contributed by atoms with van der Waals surface area (Å²) >= 11 is 1.52. The van der Waals surface area contributed by atoms with Crippen molar-refractivity contribution in [3.8, 4) is 10.4 Å². The third-order valence-corrected chi connectivity index (χ3v) is 5.67. The van der Waals surface area contributed by atoms with Crippen LogP contribution in [0.4, 0.5) is 19.1 Å². The molecule has 0 saturated carbocycles. The van der Waals surface area contributed by atoms with Crippen molar-refractivity contribution in [3.05, 3.63) is 64.3 Å². The summed E-state index contributed by atoms with van der Waals surface area (Å²) in [5, 5.41) is 0. The molecule has 0 aliphatic carbocycles. The van der Waals surface area contributed by atoms with E-state index in [9.17, 15) is 13.2 Å². The summed E-state index contributed by atoms with van der Waals surface area (Å²) in [5.74, 6) is 0.297. The highest BCUT2D eigenvalue weighted by atomic mass is 32.1. The number of rotatable bonds is 3. The Morgan fingerprint density at radius 1 is 1.19 bits per heavy atom. The molecule has 27 heavy (non-hydrogen) atoms. The van der Waals surface area contributed by atoms with E-state index in [-0.39, 0.29) is 0 Å². The lowest BCUT2D eigenvalue weighted by Gasteiger charge is -2.27. The minimum absolute atomic E-state index is 0.297. The molecule has 2 aromatic heterocycles. The maximum absolute atomic E-state index is 12.9. The summed E-state index contributed by atoms with van der Waals surface area (Å²) in [6.07, 6.45) is -1.75. The molecule has 0 radical (unpaired) electrons. The van der Waals surface area contributed by atoms with Gasteiger partial charge in [-0.15, -0.1) is 11.3 Å². The molecule has 0 unspecified atom stereocenters. The predicted molar refractivity (Wildman–Crippen MR) is 99.0 cm³/mol. The third kappa shape index (κ3) is 3.96. The number of aromatic nitrogens is 2. The van der Waals surface area contributed by atoms with Crippen molar-refractivity contribution in [1.29, 1.82) is 0 Å². The number of anilines is 1. The van der Waals surface area contributed by atoms with E-state index in [1.807, 2.05) is 12.1 Å². The molecule has 3 aromatic rings. The van der Waals surface area contributed by atoms with Crippen molar-refractivity contribution in [2.24, 2.45) is 0 Å². The van der Waals surface area contributed by atoms with Gasteiger partial charge >= 0.3 is 6.18 Å². The average Bonchev–Trinajstić information content (AvgIpc) is 3.10. The van der Waals surface area contributed by atoms with Gasteiger partial charge in [0, 0.05) is 47.6 Å². The summed E-state index contributed by atoms with van der Waals surface area (Å²) in [6.45, 7) is 2.35. The van der Waals surface area contributed by atoms with Gasteiger partial charge in [-0.05, 0) is 29.8 Å². The molecule has 4 rings (SSSR count). The Bertz CT molecular complexity index is 968. The molecule has 1 aromatic carbocycles. The highest BCUT2D eigenvalue weighted by Crippen LogP contribution is 2.35. The molecular weight excluding hydrogens is 373 g/mol. The predicted octanol–water partition coefficient (Wildman–Crippen LogP) is 4.36. The van der Waals surface area contributed by atoms with Gasteiger partial charge in [-0.1, -0.05) is 12.1 Å². The molecule has 1 aliphatic rings. The number of thiophene rings is 1. The minimum atomic E-state index is -4.33. The number of nitrogens with zero attached hydrogens (tertiary/aromatic N) is 3. The topological polar surface area (TPSA) is 55.0 Å². The van der Waals surface area contributed by atoms with E-state index in [1.165, 1.54) is 23.5 Å². The van der Waals surface area contributed by atoms with Crippen molar-refractivity contribution in [3.63, 3.8) is 0 Å². The first kappa shape index (κ1) is 17.9. The number of alkyl halides is 3. The van der Waals surface area contributed by atoms with Gasteiger partial charge in [0.2, 0.25) is 5.95 Å². The van der Waals surface area contributed by atoms with Crippen LogP contribution in [0.3, 0.4) is 0 Å². The number of nitrogens with two attached hydrogens (primary N) is 1. The summed E-state index contributed by atoms with van der Waals surface area (Å²) in [6, 6.07) is 9.33. The Morgan fingerprint density at radius 2 is 2.04 bits per heavy atom. The van der Waals surface area contributed by atoms with E-state index >= 15 is 0 Å². The van der Waals surface area contributed by atoms with Crippen LogP contribution in [-0.2, 0) is 25.7 Å². The van der Waals surface area contributed by atoms with Gasteiger partial charge in [0.25, 0.3) is 0 Å². The molecule has 2 N–H and O–H groups in total. The van der Waals surface area contributed by atoms with E-state index in [0.29, 0.717) is 11.5 Å². The first-order valence-electron chi connectivity index (χ1n) is 8.47. The number of hydrogen-bond acceptors (Lipinski definition) is 5. The van der Waals surface area contributed by atoms with Gasteiger partial charge < -0.3 is 5.73 Å². The van der Waals surface area contributed by atoms with Gasteiger partial charge in [0.1, 0.15) is 0 Å². The summed E-state index contributed by atoms with van der Waals surface area (Å²) < 4.78 is 38.8. The third-order valence-electron chi connectivity index (χ3n) is 4.55.